The lowest BCUT2D eigenvalue weighted by atomic mass is 10.0. The molecule has 8 heteroatoms. The van der Waals surface area contributed by atoms with Crippen LogP contribution in [0.25, 0.3) is 10.4 Å². The lowest BCUT2D eigenvalue weighted by Crippen LogP contribution is -2.28. The van der Waals surface area contributed by atoms with Gasteiger partial charge in [0, 0.05) is 10.4 Å². The first-order valence-electron chi connectivity index (χ1n) is 8.75. The van der Waals surface area contributed by atoms with Gasteiger partial charge in [-0.05, 0) is 23.9 Å². The number of hydrogen-bond donors (Lipinski definition) is 2. The topological polar surface area (TPSA) is 117 Å². The quantitative estimate of drug-likeness (QED) is 0.592. The van der Waals surface area contributed by atoms with Gasteiger partial charge in [-0.25, -0.2) is 4.98 Å². The number of nitrogen functional groups attached to an aromatic ring is 1. The van der Waals surface area contributed by atoms with Gasteiger partial charge < -0.3 is 5.32 Å². The fourth-order valence-corrected chi connectivity index (χ4v) is 4.48. The first-order chi connectivity index (χ1) is 14.0. The number of thiophene rings is 1. The number of hydrogen-bond acceptors (Lipinski definition) is 6. The summed E-state index contributed by atoms with van der Waals surface area (Å²) >= 11 is 2.61. The summed E-state index contributed by atoms with van der Waals surface area (Å²) in [5.74, 6) is 0.122. The number of rotatable bonds is 6. The van der Waals surface area contributed by atoms with Crippen LogP contribution in [-0.4, -0.2) is 11.7 Å². The zero-order valence-corrected chi connectivity index (χ0v) is 17.2. The van der Waals surface area contributed by atoms with Crippen molar-refractivity contribution in [2.24, 2.45) is 0 Å². The Kier molecular flexibility index (Phi) is 6.50. The minimum atomic E-state index is -0.163. The Morgan fingerprint density at radius 2 is 1.93 bits per heavy atom. The summed E-state index contributed by atoms with van der Waals surface area (Å²) in [7, 11) is 0. The molecule has 3 aromatic rings. The van der Waals surface area contributed by atoms with Crippen LogP contribution in [-0.2, 0) is 4.79 Å². The highest BCUT2D eigenvalue weighted by Crippen LogP contribution is 2.35. The number of amides is 1. The van der Waals surface area contributed by atoms with E-state index in [-0.39, 0.29) is 29.1 Å². The average molecular weight is 421 g/mol. The maximum atomic E-state index is 12.4. The monoisotopic (exact) mass is 420 g/mol. The van der Waals surface area contributed by atoms with E-state index in [9.17, 15) is 15.3 Å². The number of carbonyl (C=O) groups is 1. The van der Waals surface area contributed by atoms with Crippen LogP contribution >= 0.6 is 23.1 Å². The van der Waals surface area contributed by atoms with Gasteiger partial charge in [-0.1, -0.05) is 48.2 Å². The van der Waals surface area contributed by atoms with E-state index in [4.69, 9.17) is 5.73 Å². The summed E-state index contributed by atoms with van der Waals surface area (Å²) in [6.07, 6.45) is 0. The number of carbonyl (C=O) groups excluding carboxylic acids is 1. The predicted octanol–water partition coefficient (Wildman–Crippen LogP) is 3.52. The maximum Gasteiger partial charge on any atom is 0.289 e. The highest BCUT2D eigenvalue weighted by Gasteiger charge is 2.25. The highest BCUT2D eigenvalue weighted by atomic mass is 32.2. The van der Waals surface area contributed by atoms with E-state index in [1.165, 1.54) is 23.1 Å². The molecule has 0 aliphatic heterocycles. The van der Waals surface area contributed by atoms with Gasteiger partial charge in [0.25, 0.3) is 5.82 Å². The molecule has 0 saturated heterocycles. The smallest absolute Gasteiger partial charge is 0.289 e. The molecule has 0 radical (unpaired) electrons. The molecular formula is C21H18N5OS2+. The summed E-state index contributed by atoms with van der Waals surface area (Å²) < 4.78 is 0. The molecule has 0 bridgehead atoms. The Bertz CT molecular complexity index is 1100. The molecule has 0 aliphatic rings. The fraction of sp³-hybridized carbons (Fsp3) is 0.143. The van der Waals surface area contributed by atoms with E-state index in [0.29, 0.717) is 16.2 Å². The summed E-state index contributed by atoms with van der Waals surface area (Å²) in [6, 6.07) is 17.5. The second kappa shape index (κ2) is 9.24. The highest BCUT2D eigenvalue weighted by molar-refractivity contribution is 7.99. The molecule has 1 atom stereocenters. The Hall–Kier alpha value is -3.33. The molecule has 0 aliphatic carbocycles. The number of thioether (sulfide) groups is 1. The van der Waals surface area contributed by atoms with Gasteiger partial charge in [-0.3, -0.25) is 10.5 Å². The van der Waals surface area contributed by atoms with Crippen LogP contribution in [0.2, 0.25) is 0 Å². The van der Waals surface area contributed by atoms with Crippen molar-refractivity contribution in [3.8, 4) is 22.6 Å². The van der Waals surface area contributed by atoms with E-state index in [2.05, 4.69) is 22.4 Å². The lowest BCUT2D eigenvalue weighted by Gasteiger charge is -2.14. The average Bonchev–Trinajstić information content (AvgIpc) is 3.26. The van der Waals surface area contributed by atoms with Crippen LogP contribution in [0.3, 0.4) is 0 Å². The number of nitrogens with two attached hydrogens (primary N) is 1. The molecule has 144 valence electrons. The number of nitrogens with one attached hydrogen (secondary N) is 2. The third-order valence-corrected chi connectivity index (χ3v) is 6.15. The third-order valence-electron chi connectivity index (χ3n) is 4.26. The lowest BCUT2D eigenvalue weighted by molar-refractivity contribution is -0.410. The van der Waals surface area contributed by atoms with Crippen molar-refractivity contribution >= 4 is 34.8 Å². The fourth-order valence-electron chi connectivity index (χ4n) is 2.86. The third kappa shape index (κ3) is 4.57. The Balaban J connectivity index is 1.82. The Morgan fingerprint density at radius 1 is 1.21 bits per heavy atom. The molecular weight excluding hydrogens is 402 g/mol. The predicted molar refractivity (Wildman–Crippen MR) is 114 cm³/mol. The van der Waals surface area contributed by atoms with Gasteiger partial charge >= 0.3 is 0 Å². The molecule has 2 aromatic heterocycles. The van der Waals surface area contributed by atoms with Gasteiger partial charge in [0.05, 0.1) is 11.8 Å². The molecule has 29 heavy (non-hydrogen) atoms. The zero-order valence-electron chi connectivity index (χ0n) is 15.6. The van der Waals surface area contributed by atoms with Crippen molar-refractivity contribution in [1.29, 1.82) is 10.5 Å². The zero-order chi connectivity index (χ0) is 20.8. The first-order valence-corrected chi connectivity index (χ1v) is 10.6. The van der Waals surface area contributed by atoms with Crippen molar-refractivity contribution in [3.63, 3.8) is 0 Å². The van der Waals surface area contributed by atoms with Crippen molar-refractivity contribution in [1.82, 2.24) is 5.32 Å². The number of H-pyrrole nitrogens is 1. The van der Waals surface area contributed by atoms with Crippen LogP contribution in [0.1, 0.15) is 29.7 Å². The number of nitriles is 2. The standard InChI is InChI=1S/C21H17N5OS2/c1-13(14-6-3-2-4-7-14)25-18(27)12-29-21-16(11-23)19(17-8-5-9-28-17)15(10-22)20(24)26-21/h2-9,13H,12H2,1H3,(H2,24,26)(H,25,27)/p+1/t13-/m1/s1. The SMILES string of the molecule is C[C@@H](NC(=O)CSc1[nH+]c(N)c(C#N)c(-c2cccs2)c1C#N)c1ccccc1. The molecule has 4 N–H and O–H groups in total. The van der Waals surface area contributed by atoms with Gasteiger partial charge in [0.1, 0.15) is 17.7 Å². The number of aromatic nitrogens is 1. The molecule has 1 aromatic carbocycles. The summed E-state index contributed by atoms with van der Waals surface area (Å²) in [6.45, 7) is 1.92. The van der Waals surface area contributed by atoms with Crippen LogP contribution < -0.4 is 16.0 Å². The summed E-state index contributed by atoms with van der Waals surface area (Å²) in [4.78, 5) is 16.1. The van der Waals surface area contributed by atoms with E-state index >= 15 is 0 Å². The number of pyridine rings is 1. The number of aromatic amines is 1. The van der Waals surface area contributed by atoms with E-state index in [1.807, 2.05) is 54.8 Å². The van der Waals surface area contributed by atoms with E-state index in [1.54, 1.807) is 0 Å². The molecule has 6 nitrogen and oxygen atoms in total. The summed E-state index contributed by atoms with van der Waals surface area (Å²) in [5, 5.41) is 24.5. The van der Waals surface area contributed by atoms with Crippen LogP contribution in [0.4, 0.5) is 5.82 Å². The molecule has 0 fully saturated rings. The number of benzene rings is 1. The second-order valence-electron chi connectivity index (χ2n) is 6.18. The van der Waals surface area contributed by atoms with Crippen molar-refractivity contribution < 1.29 is 9.78 Å². The Labute approximate surface area is 177 Å². The van der Waals surface area contributed by atoms with E-state index < -0.39 is 0 Å². The normalized spacial score (nSPS) is 11.3. The first kappa shape index (κ1) is 20.4. The molecule has 0 saturated carbocycles. The minimum absolute atomic E-state index is 0.109. The van der Waals surface area contributed by atoms with Crippen molar-refractivity contribution in [3.05, 3.63) is 64.5 Å². The molecule has 3 rings (SSSR count). The van der Waals surface area contributed by atoms with Gasteiger partial charge in [0.2, 0.25) is 5.91 Å². The van der Waals surface area contributed by atoms with Crippen molar-refractivity contribution in [2.45, 2.75) is 18.0 Å². The second-order valence-corrected chi connectivity index (χ2v) is 8.12. The number of anilines is 1. The minimum Gasteiger partial charge on any atom is -0.349 e. The maximum absolute atomic E-state index is 12.4. The van der Waals surface area contributed by atoms with Gasteiger partial charge in [-0.2, -0.15) is 10.5 Å². The largest absolute Gasteiger partial charge is 0.349 e. The van der Waals surface area contributed by atoms with Gasteiger partial charge in [0.15, 0.2) is 10.6 Å². The van der Waals surface area contributed by atoms with Crippen molar-refractivity contribution in [2.75, 3.05) is 11.5 Å². The van der Waals surface area contributed by atoms with E-state index in [0.717, 1.165) is 10.4 Å². The van der Waals surface area contributed by atoms with Gasteiger partial charge in [-0.15, -0.1) is 11.3 Å². The molecule has 1 amide bonds. The van der Waals surface area contributed by atoms with Crippen LogP contribution in [0.15, 0.2) is 52.9 Å². The number of nitrogens with zero attached hydrogens (tertiary/aromatic N) is 2. The molecule has 2 heterocycles. The van der Waals surface area contributed by atoms with Crippen LogP contribution in [0, 0.1) is 22.7 Å². The molecule has 0 spiro atoms. The van der Waals surface area contributed by atoms with Crippen LogP contribution in [0.5, 0.6) is 0 Å². The molecule has 0 unspecified atom stereocenters. The Morgan fingerprint density at radius 3 is 2.55 bits per heavy atom. The summed E-state index contributed by atoms with van der Waals surface area (Å²) in [5.41, 5.74) is 8.09.